The highest BCUT2D eigenvalue weighted by molar-refractivity contribution is 5.90. The maximum Gasteiger partial charge on any atom is 0.267 e. The van der Waals surface area contributed by atoms with E-state index in [9.17, 15) is 4.79 Å². The average molecular weight is 353 g/mol. The Morgan fingerprint density at radius 2 is 2.04 bits per heavy atom. The molecule has 0 bridgehead atoms. The Hall–Kier alpha value is -2.77. The first kappa shape index (κ1) is 18.0. The van der Waals surface area contributed by atoms with Crippen LogP contribution in [0.25, 0.3) is 6.08 Å². The number of aromatic nitrogens is 2. The van der Waals surface area contributed by atoms with E-state index in [1.807, 2.05) is 6.07 Å². The van der Waals surface area contributed by atoms with Crippen LogP contribution in [0.3, 0.4) is 0 Å². The summed E-state index contributed by atoms with van der Waals surface area (Å²) in [5, 5.41) is 11.9. The van der Waals surface area contributed by atoms with Crippen LogP contribution in [0.1, 0.15) is 24.0 Å². The van der Waals surface area contributed by atoms with E-state index in [0.717, 1.165) is 32.5 Å². The van der Waals surface area contributed by atoms with Crippen molar-refractivity contribution in [1.29, 1.82) is 0 Å². The average Bonchev–Trinajstić information content (AvgIpc) is 2.68. The van der Waals surface area contributed by atoms with Crippen LogP contribution >= 0.6 is 0 Å². The second kappa shape index (κ2) is 9.07. The number of rotatable bonds is 6. The van der Waals surface area contributed by atoms with Crippen molar-refractivity contribution in [2.75, 3.05) is 18.4 Å². The van der Waals surface area contributed by atoms with E-state index < -0.39 is 5.91 Å². The molecule has 7 nitrogen and oxygen atoms in total. The standard InChI is InChI=1S/C19H23N5O2/c25-18(23-26)9-8-16-11-20-19(21-12-16)22-17-7-4-10-24(14-17)13-15-5-2-1-3-6-15/h1-3,5-6,8-9,11-12,17,26H,4,7,10,13-14H2,(H,23,25)(H,20,21,22)/t17-/m1/s1. The fraction of sp³-hybridized carbons (Fsp3) is 0.316. The molecule has 1 atom stereocenters. The first-order valence-electron chi connectivity index (χ1n) is 8.70. The molecule has 2 heterocycles. The minimum atomic E-state index is -0.590. The van der Waals surface area contributed by atoms with E-state index in [1.54, 1.807) is 12.4 Å². The first-order valence-corrected chi connectivity index (χ1v) is 8.70. The van der Waals surface area contributed by atoms with Crippen LogP contribution in [-0.4, -0.2) is 45.1 Å². The molecule has 0 unspecified atom stereocenters. The van der Waals surface area contributed by atoms with Gasteiger partial charge in [0.2, 0.25) is 5.95 Å². The molecule has 2 aromatic rings. The van der Waals surface area contributed by atoms with Crippen molar-refractivity contribution in [2.24, 2.45) is 0 Å². The zero-order valence-corrected chi connectivity index (χ0v) is 14.5. The second-order valence-electron chi connectivity index (χ2n) is 6.35. The van der Waals surface area contributed by atoms with Gasteiger partial charge in [0.25, 0.3) is 5.91 Å². The summed E-state index contributed by atoms with van der Waals surface area (Å²) in [6, 6.07) is 10.8. The molecule has 0 saturated carbocycles. The van der Waals surface area contributed by atoms with Crippen LogP contribution in [-0.2, 0) is 11.3 Å². The number of benzene rings is 1. The third-order valence-corrected chi connectivity index (χ3v) is 4.30. The van der Waals surface area contributed by atoms with Crippen LogP contribution < -0.4 is 10.8 Å². The SMILES string of the molecule is O=C(C=Cc1cnc(N[C@@H]2CCCN(Cc3ccccc3)C2)nc1)NO. The van der Waals surface area contributed by atoms with Gasteiger partial charge in [0.15, 0.2) is 0 Å². The van der Waals surface area contributed by atoms with Gasteiger partial charge in [-0.3, -0.25) is 14.9 Å². The van der Waals surface area contributed by atoms with Gasteiger partial charge in [-0.1, -0.05) is 30.3 Å². The fourth-order valence-corrected chi connectivity index (χ4v) is 3.05. The summed E-state index contributed by atoms with van der Waals surface area (Å²) >= 11 is 0. The molecule has 1 aliphatic rings. The van der Waals surface area contributed by atoms with Crippen molar-refractivity contribution in [1.82, 2.24) is 20.3 Å². The Morgan fingerprint density at radius 3 is 2.77 bits per heavy atom. The number of carbonyl (C=O) groups excluding carboxylic acids is 1. The van der Waals surface area contributed by atoms with Gasteiger partial charge < -0.3 is 5.32 Å². The predicted octanol–water partition coefficient (Wildman–Crippen LogP) is 2.07. The Morgan fingerprint density at radius 1 is 1.27 bits per heavy atom. The third kappa shape index (κ3) is 5.37. The molecule has 1 aromatic heterocycles. The van der Waals surface area contributed by atoms with Gasteiger partial charge in [0, 0.05) is 43.2 Å². The van der Waals surface area contributed by atoms with Crippen LogP contribution in [0.15, 0.2) is 48.8 Å². The van der Waals surface area contributed by atoms with Crippen LogP contribution in [0.2, 0.25) is 0 Å². The normalized spacial score (nSPS) is 18.0. The first-order chi connectivity index (χ1) is 12.7. The highest BCUT2D eigenvalue weighted by Crippen LogP contribution is 2.16. The minimum absolute atomic E-state index is 0.314. The van der Waals surface area contributed by atoms with Gasteiger partial charge in [-0.25, -0.2) is 15.4 Å². The molecule has 0 aliphatic carbocycles. The largest absolute Gasteiger partial charge is 0.350 e. The molecule has 1 aromatic carbocycles. The molecule has 26 heavy (non-hydrogen) atoms. The highest BCUT2D eigenvalue weighted by atomic mass is 16.5. The van der Waals surface area contributed by atoms with Crippen molar-refractivity contribution in [2.45, 2.75) is 25.4 Å². The summed E-state index contributed by atoms with van der Waals surface area (Å²) in [6.07, 6.45) is 8.27. The highest BCUT2D eigenvalue weighted by Gasteiger charge is 2.20. The number of anilines is 1. The second-order valence-corrected chi connectivity index (χ2v) is 6.35. The molecule has 1 fully saturated rings. The number of likely N-dealkylation sites (tertiary alicyclic amines) is 1. The number of amides is 1. The van der Waals surface area contributed by atoms with Gasteiger partial charge in [0.05, 0.1) is 0 Å². The van der Waals surface area contributed by atoms with Gasteiger partial charge in [0.1, 0.15) is 0 Å². The van der Waals surface area contributed by atoms with E-state index in [1.165, 1.54) is 23.2 Å². The van der Waals surface area contributed by atoms with E-state index in [4.69, 9.17) is 5.21 Å². The molecule has 3 rings (SSSR count). The molecule has 0 radical (unpaired) electrons. The number of hydrogen-bond donors (Lipinski definition) is 3. The Kier molecular flexibility index (Phi) is 6.29. The van der Waals surface area contributed by atoms with E-state index >= 15 is 0 Å². The predicted molar refractivity (Wildman–Crippen MR) is 99.4 cm³/mol. The summed E-state index contributed by atoms with van der Waals surface area (Å²) in [5.74, 6) is -0.00626. The lowest BCUT2D eigenvalue weighted by molar-refractivity contribution is -0.124. The van der Waals surface area contributed by atoms with E-state index in [0.29, 0.717) is 17.6 Å². The Bertz CT molecular complexity index is 733. The fourth-order valence-electron chi connectivity index (χ4n) is 3.05. The van der Waals surface area contributed by atoms with Gasteiger partial charge in [-0.15, -0.1) is 0 Å². The molecule has 1 aliphatic heterocycles. The Labute approximate surface area is 152 Å². The lowest BCUT2D eigenvalue weighted by atomic mass is 10.0. The van der Waals surface area contributed by atoms with E-state index in [-0.39, 0.29) is 0 Å². The van der Waals surface area contributed by atoms with Crippen LogP contribution in [0, 0.1) is 0 Å². The minimum Gasteiger partial charge on any atom is -0.350 e. The monoisotopic (exact) mass is 353 g/mol. The summed E-state index contributed by atoms with van der Waals surface area (Å²) in [7, 11) is 0. The summed E-state index contributed by atoms with van der Waals surface area (Å²) < 4.78 is 0. The van der Waals surface area contributed by atoms with Crippen molar-refractivity contribution in [3.8, 4) is 0 Å². The molecule has 7 heteroatoms. The van der Waals surface area contributed by atoms with Crippen LogP contribution in [0.5, 0.6) is 0 Å². The number of piperidine rings is 1. The zero-order valence-electron chi connectivity index (χ0n) is 14.5. The topological polar surface area (TPSA) is 90.4 Å². The van der Waals surface area contributed by atoms with Gasteiger partial charge in [-0.05, 0) is 31.0 Å². The van der Waals surface area contributed by atoms with Gasteiger partial charge in [-0.2, -0.15) is 0 Å². The number of hydrogen-bond acceptors (Lipinski definition) is 6. The molecule has 3 N–H and O–H groups in total. The van der Waals surface area contributed by atoms with Crippen molar-refractivity contribution >= 4 is 17.9 Å². The van der Waals surface area contributed by atoms with E-state index in [2.05, 4.69) is 44.5 Å². The number of nitrogens with zero attached hydrogens (tertiary/aromatic N) is 3. The lowest BCUT2D eigenvalue weighted by Gasteiger charge is -2.33. The molecule has 0 spiro atoms. The van der Waals surface area contributed by atoms with Crippen molar-refractivity contribution in [3.05, 3.63) is 59.9 Å². The lowest BCUT2D eigenvalue weighted by Crippen LogP contribution is -2.41. The zero-order chi connectivity index (χ0) is 18.2. The maximum atomic E-state index is 11.0. The van der Waals surface area contributed by atoms with Crippen molar-refractivity contribution < 1.29 is 10.0 Å². The number of carbonyl (C=O) groups is 1. The van der Waals surface area contributed by atoms with Crippen molar-refractivity contribution in [3.63, 3.8) is 0 Å². The molecule has 1 amide bonds. The summed E-state index contributed by atoms with van der Waals surface area (Å²) in [4.78, 5) is 22.0. The molecule has 136 valence electrons. The summed E-state index contributed by atoms with van der Waals surface area (Å²) in [5.41, 5.74) is 3.55. The number of nitrogens with one attached hydrogen (secondary N) is 2. The van der Waals surface area contributed by atoms with Gasteiger partial charge >= 0.3 is 0 Å². The summed E-state index contributed by atoms with van der Waals surface area (Å²) in [6.45, 7) is 3.01. The Balaban J connectivity index is 1.53. The third-order valence-electron chi connectivity index (χ3n) is 4.30. The molecular formula is C19H23N5O2. The maximum absolute atomic E-state index is 11.0. The number of hydroxylamine groups is 1. The molecule has 1 saturated heterocycles. The van der Waals surface area contributed by atoms with Crippen LogP contribution in [0.4, 0.5) is 5.95 Å². The quantitative estimate of drug-likeness (QED) is 0.418. The molecular weight excluding hydrogens is 330 g/mol. The smallest absolute Gasteiger partial charge is 0.267 e.